The van der Waals surface area contributed by atoms with E-state index in [2.05, 4.69) is 165 Å². The van der Waals surface area contributed by atoms with Crippen molar-refractivity contribution in [1.82, 2.24) is 9.55 Å². The number of nitrogens with zero attached hydrogens (tertiary/aromatic N) is 2. The maximum absolute atomic E-state index is 7.01. The van der Waals surface area contributed by atoms with Gasteiger partial charge in [0.05, 0.1) is 0 Å². The summed E-state index contributed by atoms with van der Waals surface area (Å²) in [6, 6.07) is 42.1. The number of hydrogen-bond acceptors (Lipinski definition) is 2. The monoisotopic (exact) mass is 688 g/mol. The molecular weight excluding hydrogens is 645 g/mol. The summed E-state index contributed by atoms with van der Waals surface area (Å²) in [5.41, 5.74) is 11.3. The molecule has 8 rings (SSSR count). The molecule has 48 heavy (non-hydrogen) atoms. The molecule has 0 N–H and O–H groups in total. The molecule has 0 unspecified atom stereocenters. The average Bonchev–Trinajstić information content (AvgIpc) is 3.66. The van der Waals surface area contributed by atoms with Crippen molar-refractivity contribution in [2.45, 2.75) is 56.8 Å². The number of para-hydroxylation sites is 3. The van der Waals surface area contributed by atoms with E-state index in [0.29, 0.717) is 11.8 Å². The molecule has 0 aliphatic rings. The Morgan fingerprint density at radius 1 is 0.604 bits per heavy atom. The third-order valence-electron chi connectivity index (χ3n) is 9.89. The molecule has 8 aromatic rings. The second kappa shape index (κ2) is 11.5. The van der Waals surface area contributed by atoms with E-state index in [-0.39, 0.29) is 0 Å². The predicted molar refractivity (Wildman–Crippen MR) is 208 cm³/mol. The van der Waals surface area contributed by atoms with E-state index in [0.717, 1.165) is 44.4 Å². The molecule has 0 saturated heterocycles. The van der Waals surface area contributed by atoms with Gasteiger partial charge in [0, 0.05) is 0 Å². The van der Waals surface area contributed by atoms with Gasteiger partial charge in [-0.1, -0.05) is 58.0 Å². The molecule has 0 bridgehead atoms. The molecule has 4 heteroatoms. The minimum atomic E-state index is -2.06. The van der Waals surface area contributed by atoms with Gasteiger partial charge in [-0.05, 0) is 11.1 Å². The fourth-order valence-electron chi connectivity index (χ4n) is 7.27. The molecular formula is C44H42GeN2O. The summed E-state index contributed by atoms with van der Waals surface area (Å²) in [4.78, 5) is 5.38. The summed E-state index contributed by atoms with van der Waals surface area (Å²) in [5.74, 6) is 8.85. The maximum atomic E-state index is 7.01. The topological polar surface area (TPSA) is 31.0 Å². The minimum absolute atomic E-state index is 0.297. The molecule has 0 spiro atoms. The van der Waals surface area contributed by atoms with Crippen LogP contribution in [0.1, 0.15) is 50.7 Å². The quantitative estimate of drug-likeness (QED) is 0.163. The Bertz CT molecular complexity index is 2460. The molecule has 2 heterocycles. The van der Waals surface area contributed by atoms with Crippen LogP contribution in [-0.2, 0) is 0 Å². The summed E-state index contributed by atoms with van der Waals surface area (Å²) < 4.78 is 10.9. The van der Waals surface area contributed by atoms with E-state index in [1.165, 1.54) is 43.1 Å². The first-order valence-electron chi connectivity index (χ1n) is 17.2. The van der Waals surface area contributed by atoms with Gasteiger partial charge in [0.2, 0.25) is 0 Å². The van der Waals surface area contributed by atoms with Crippen molar-refractivity contribution in [1.29, 1.82) is 0 Å². The van der Waals surface area contributed by atoms with Crippen LogP contribution >= 0.6 is 0 Å². The van der Waals surface area contributed by atoms with Gasteiger partial charge in [0.1, 0.15) is 0 Å². The third kappa shape index (κ3) is 4.99. The molecule has 0 radical (unpaired) electrons. The summed E-state index contributed by atoms with van der Waals surface area (Å²) in [7, 11) is 0. The van der Waals surface area contributed by atoms with Crippen LogP contribution in [0.25, 0.3) is 71.9 Å². The van der Waals surface area contributed by atoms with E-state index in [1.807, 2.05) is 0 Å². The first kappa shape index (κ1) is 30.7. The van der Waals surface area contributed by atoms with Crippen molar-refractivity contribution in [3.8, 4) is 28.2 Å². The van der Waals surface area contributed by atoms with Crippen LogP contribution in [0.2, 0.25) is 17.3 Å². The second-order valence-electron chi connectivity index (χ2n) is 14.9. The van der Waals surface area contributed by atoms with E-state index in [4.69, 9.17) is 9.40 Å². The SMILES string of the molecule is CC(C)c1cc(-c2ccccc2)cc(C(C)C)c1-n1c(-c2cccc3c2oc2c4c[c]([Ge]([CH3])([CH3])[CH3])ccc4ccc32)nc2ccccc21. The summed E-state index contributed by atoms with van der Waals surface area (Å²) in [6.45, 7) is 9.21. The molecule has 0 aliphatic carbocycles. The van der Waals surface area contributed by atoms with Gasteiger partial charge in [0.15, 0.2) is 0 Å². The first-order valence-corrected chi connectivity index (χ1v) is 24.5. The Morgan fingerprint density at radius 3 is 1.98 bits per heavy atom. The van der Waals surface area contributed by atoms with Crippen LogP contribution in [0.15, 0.2) is 120 Å². The average molecular weight is 687 g/mol. The third-order valence-corrected chi connectivity index (χ3v) is 14.2. The van der Waals surface area contributed by atoms with Crippen molar-refractivity contribution in [3.63, 3.8) is 0 Å². The van der Waals surface area contributed by atoms with E-state index in [1.54, 1.807) is 0 Å². The van der Waals surface area contributed by atoms with Crippen LogP contribution in [0.5, 0.6) is 0 Å². The number of hydrogen-bond donors (Lipinski definition) is 0. The first-order chi connectivity index (χ1) is 23.1. The van der Waals surface area contributed by atoms with Gasteiger partial charge in [-0.15, -0.1) is 0 Å². The zero-order valence-corrected chi connectivity index (χ0v) is 31.0. The van der Waals surface area contributed by atoms with Crippen LogP contribution in [0.3, 0.4) is 0 Å². The van der Waals surface area contributed by atoms with Gasteiger partial charge in [-0.2, -0.15) is 0 Å². The molecule has 238 valence electrons. The molecule has 0 atom stereocenters. The Hall–Kier alpha value is -4.61. The summed E-state index contributed by atoms with van der Waals surface area (Å²) in [5, 5.41) is 4.69. The number of imidazole rings is 1. The molecule has 6 aromatic carbocycles. The Labute approximate surface area is 285 Å². The molecule has 2 aromatic heterocycles. The van der Waals surface area contributed by atoms with Gasteiger partial charge >= 0.3 is 218 Å². The molecule has 0 amide bonds. The van der Waals surface area contributed by atoms with Gasteiger partial charge < -0.3 is 0 Å². The van der Waals surface area contributed by atoms with Crippen LogP contribution in [-0.4, -0.2) is 22.8 Å². The van der Waals surface area contributed by atoms with Crippen LogP contribution in [0, 0.1) is 0 Å². The van der Waals surface area contributed by atoms with Gasteiger partial charge in [-0.25, -0.2) is 0 Å². The second-order valence-corrected chi connectivity index (χ2v) is 25.5. The molecule has 0 aliphatic heterocycles. The van der Waals surface area contributed by atoms with Gasteiger partial charge in [0.25, 0.3) is 0 Å². The zero-order chi connectivity index (χ0) is 33.3. The van der Waals surface area contributed by atoms with Crippen molar-refractivity contribution < 1.29 is 4.42 Å². The van der Waals surface area contributed by atoms with Crippen molar-refractivity contribution >= 4 is 61.4 Å². The van der Waals surface area contributed by atoms with E-state index in [9.17, 15) is 0 Å². The summed E-state index contributed by atoms with van der Waals surface area (Å²) in [6.07, 6.45) is 0. The standard InChI is InChI=1S/C44H42GeN2O/c1-27(2)36-24-31(29-14-9-8-10-15-29)25-37(28(3)4)41(36)47-40-19-12-11-18-39(40)46-44(47)35-17-13-16-33-34-23-21-30-20-22-32(45(5,6)7)26-38(30)43(34)48-42(33)35/h8-28H,1-7H3. The normalized spacial score (nSPS) is 12.4. The van der Waals surface area contributed by atoms with Crippen molar-refractivity contribution in [3.05, 3.63) is 126 Å². The summed E-state index contributed by atoms with van der Waals surface area (Å²) >= 11 is -2.06. The number of furan rings is 1. The molecule has 0 saturated carbocycles. The predicted octanol–water partition coefficient (Wildman–Crippen LogP) is 12.2. The van der Waals surface area contributed by atoms with E-state index < -0.39 is 13.3 Å². The van der Waals surface area contributed by atoms with Crippen LogP contribution in [0.4, 0.5) is 0 Å². The van der Waals surface area contributed by atoms with Gasteiger partial charge in [-0.3, -0.25) is 0 Å². The number of aromatic nitrogens is 2. The Balaban J connectivity index is 1.45. The molecule has 3 nitrogen and oxygen atoms in total. The van der Waals surface area contributed by atoms with Crippen molar-refractivity contribution in [2.24, 2.45) is 0 Å². The number of benzene rings is 6. The fourth-order valence-corrected chi connectivity index (χ4v) is 9.70. The number of rotatable bonds is 6. The molecule has 0 fully saturated rings. The zero-order valence-electron chi connectivity index (χ0n) is 28.9. The Morgan fingerprint density at radius 2 is 1.27 bits per heavy atom. The fraction of sp³-hybridized carbons (Fsp3) is 0.205. The van der Waals surface area contributed by atoms with E-state index >= 15 is 0 Å². The number of fused-ring (bicyclic) bond motifs is 6. The van der Waals surface area contributed by atoms with Crippen molar-refractivity contribution in [2.75, 3.05) is 0 Å². The Kier molecular flexibility index (Phi) is 7.37. The van der Waals surface area contributed by atoms with Crippen LogP contribution < -0.4 is 4.40 Å².